The third kappa shape index (κ3) is 2.81. The third-order valence-electron chi connectivity index (χ3n) is 2.61. The predicted molar refractivity (Wildman–Crippen MR) is 68.2 cm³/mol. The molecule has 0 saturated carbocycles. The van der Waals surface area contributed by atoms with Gasteiger partial charge in [0, 0.05) is 5.69 Å². The second-order valence-corrected chi connectivity index (χ2v) is 5.86. The molecule has 0 spiro atoms. The van der Waals surface area contributed by atoms with E-state index >= 15 is 0 Å². The normalized spacial score (nSPS) is 13.3. The van der Waals surface area contributed by atoms with Crippen LogP contribution < -0.4 is 10.5 Å². The first kappa shape index (κ1) is 14.5. The fraction of sp³-hybridized carbons (Fsp3) is 0.167. The summed E-state index contributed by atoms with van der Waals surface area (Å²) in [6.45, 7) is 1.51. The maximum atomic E-state index is 13.6. The third-order valence-corrected chi connectivity index (χ3v) is 4.15. The number of anilines is 1. The minimum absolute atomic E-state index is 0.185. The summed E-state index contributed by atoms with van der Waals surface area (Å²) in [6.07, 6.45) is 1.38. The Balaban J connectivity index is 2.36. The highest BCUT2D eigenvalue weighted by Crippen LogP contribution is 2.23. The Labute approximate surface area is 114 Å². The highest BCUT2D eigenvalue weighted by molar-refractivity contribution is 7.89. The van der Waals surface area contributed by atoms with E-state index in [1.807, 2.05) is 0 Å². The standard InChI is InChI=1S/C12H12F2N2O3S/c1-7(10-3-2-4-19-10)16-20(17,18)11-6-8(15)5-9(13)12(11)14/h2-7,16H,15H2,1H3. The molecule has 1 unspecified atom stereocenters. The zero-order valence-corrected chi connectivity index (χ0v) is 11.2. The van der Waals surface area contributed by atoms with Crippen LogP contribution in [0.15, 0.2) is 39.8 Å². The first-order chi connectivity index (χ1) is 9.31. The largest absolute Gasteiger partial charge is 0.468 e. The predicted octanol–water partition coefficient (Wildman–Crippen LogP) is 2.18. The molecule has 1 aromatic carbocycles. The summed E-state index contributed by atoms with van der Waals surface area (Å²) < 4.78 is 58.1. The molecule has 108 valence electrons. The minimum atomic E-state index is -4.27. The molecule has 0 amide bonds. The van der Waals surface area contributed by atoms with Crippen molar-refractivity contribution in [3.8, 4) is 0 Å². The Hall–Kier alpha value is -1.93. The average molecular weight is 302 g/mol. The number of nitrogens with two attached hydrogens (primary N) is 1. The Morgan fingerprint density at radius 1 is 1.35 bits per heavy atom. The van der Waals surface area contributed by atoms with Gasteiger partial charge in [0.25, 0.3) is 0 Å². The van der Waals surface area contributed by atoms with E-state index in [1.165, 1.54) is 13.2 Å². The summed E-state index contributed by atoms with van der Waals surface area (Å²) in [7, 11) is -4.27. The van der Waals surface area contributed by atoms with Gasteiger partial charge in [-0.1, -0.05) is 0 Å². The molecule has 1 aromatic heterocycles. The van der Waals surface area contributed by atoms with E-state index in [9.17, 15) is 17.2 Å². The summed E-state index contributed by atoms with van der Waals surface area (Å²) in [4.78, 5) is -0.839. The summed E-state index contributed by atoms with van der Waals surface area (Å²) in [5, 5.41) is 0. The van der Waals surface area contributed by atoms with E-state index in [4.69, 9.17) is 10.2 Å². The summed E-state index contributed by atoms with van der Waals surface area (Å²) in [6, 6.07) is 3.98. The molecule has 0 aliphatic carbocycles. The molecular formula is C12H12F2N2O3S. The summed E-state index contributed by atoms with van der Waals surface area (Å²) in [5.41, 5.74) is 5.15. The number of rotatable bonds is 4. The Bertz CT molecular complexity index is 715. The van der Waals surface area contributed by atoms with Gasteiger partial charge in [0.05, 0.1) is 12.3 Å². The summed E-state index contributed by atoms with van der Waals surface area (Å²) in [5.74, 6) is -2.45. The number of sulfonamides is 1. The van der Waals surface area contributed by atoms with Gasteiger partial charge in [-0.25, -0.2) is 21.9 Å². The second kappa shape index (κ2) is 5.22. The average Bonchev–Trinajstić information content (AvgIpc) is 2.86. The van der Waals surface area contributed by atoms with Crippen molar-refractivity contribution in [2.24, 2.45) is 0 Å². The van der Waals surface area contributed by atoms with Crippen LogP contribution in [0, 0.1) is 11.6 Å². The van der Waals surface area contributed by atoms with Gasteiger partial charge < -0.3 is 10.2 Å². The van der Waals surface area contributed by atoms with Crippen LogP contribution in [0.25, 0.3) is 0 Å². The minimum Gasteiger partial charge on any atom is -0.468 e. The van der Waals surface area contributed by atoms with Crippen molar-refractivity contribution in [3.05, 3.63) is 47.9 Å². The lowest BCUT2D eigenvalue weighted by atomic mass is 10.3. The highest BCUT2D eigenvalue weighted by Gasteiger charge is 2.25. The number of furan rings is 1. The molecule has 0 saturated heterocycles. The molecule has 20 heavy (non-hydrogen) atoms. The number of hydrogen-bond donors (Lipinski definition) is 2. The Kier molecular flexibility index (Phi) is 3.78. The highest BCUT2D eigenvalue weighted by atomic mass is 32.2. The Morgan fingerprint density at radius 3 is 2.65 bits per heavy atom. The van der Waals surface area contributed by atoms with Crippen LogP contribution in [0.1, 0.15) is 18.7 Å². The van der Waals surface area contributed by atoms with Crippen LogP contribution in [0.5, 0.6) is 0 Å². The van der Waals surface area contributed by atoms with Gasteiger partial charge in [0.2, 0.25) is 10.0 Å². The van der Waals surface area contributed by atoms with Crippen molar-refractivity contribution in [3.63, 3.8) is 0 Å². The van der Waals surface area contributed by atoms with Crippen molar-refractivity contribution in [2.75, 3.05) is 5.73 Å². The van der Waals surface area contributed by atoms with E-state index < -0.39 is 32.6 Å². The molecule has 3 N–H and O–H groups in total. The fourth-order valence-electron chi connectivity index (χ4n) is 1.67. The van der Waals surface area contributed by atoms with Crippen molar-refractivity contribution in [1.29, 1.82) is 0 Å². The molecular weight excluding hydrogens is 290 g/mol. The molecule has 8 heteroatoms. The molecule has 0 radical (unpaired) electrons. The zero-order valence-electron chi connectivity index (χ0n) is 10.4. The van der Waals surface area contributed by atoms with E-state index in [0.29, 0.717) is 11.8 Å². The first-order valence-electron chi connectivity index (χ1n) is 5.61. The van der Waals surface area contributed by atoms with Crippen LogP contribution in [0.3, 0.4) is 0 Å². The second-order valence-electron chi connectivity index (χ2n) is 4.17. The van der Waals surface area contributed by atoms with Crippen molar-refractivity contribution in [1.82, 2.24) is 4.72 Å². The maximum absolute atomic E-state index is 13.6. The lowest BCUT2D eigenvalue weighted by molar-refractivity contribution is 0.454. The molecule has 5 nitrogen and oxygen atoms in total. The van der Waals surface area contributed by atoms with Gasteiger partial charge >= 0.3 is 0 Å². The van der Waals surface area contributed by atoms with E-state index in [2.05, 4.69) is 4.72 Å². The van der Waals surface area contributed by atoms with Gasteiger partial charge in [-0.2, -0.15) is 0 Å². The Morgan fingerprint density at radius 2 is 2.05 bits per heavy atom. The monoisotopic (exact) mass is 302 g/mol. The molecule has 2 rings (SSSR count). The van der Waals surface area contributed by atoms with Crippen molar-refractivity contribution in [2.45, 2.75) is 17.9 Å². The summed E-state index contributed by atoms with van der Waals surface area (Å²) >= 11 is 0. The molecule has 2 aromatic rings. The van der Waals surface area contributed by atoms with Crippen LogP contribution in [-0.4, -0.2) is 8.42 Å². The van der Waals surface area contributed by atoms with E-state index in [0.717, 1.165) is 6.07 Å². The topological polar surface area (TPSA) is 85.3 Å². The molecule has 0 fully saturated rings. The van der Waals surface area contributed by atoms with E-state index in [1.54, 1.807) is 12.1 Å². The molecule has 1 heterocycles. The van der Waals surface area contributed by atoms with Gasteiger partial charge in [-0.05, 0) is 31.2 Å². The van der Waals surface area contributed by atoms with E-state index in [-0.39, 0.29) is 5.69 Å². The van der Waals surface area contributed by atoms with Crippen LogP contribution in [0.4, 0.5) is 14.5 Å². The fourth-order valence-corrected chi connectivity index (χ4v) is 3.00. The van der Waals surface area contributed by atoms with Crippen molar-refractivity contribution < 1.29 is 21.6 Å². The molecule has 1 atom stereocenters. The number of halogens is 2. The maximum Gasteiger partial charge on any atom is 0.244 e. The van der Waals surface area contributed by atoms with Gasteiger partial charge in [-0.15, -0.1) is 0 Å². The first-order valence-corrected chi connectivity index (χ1v) is 7.10. The number of nitrogen functional groups attached to an aromatic ring is 1. The number of benzene rings is 1. The lowest BCUT2D eigenvalue weighted by Crippen LogP contribution is -2.27. The molecule has 0 aliphatic rings. The number of hydrogen-bond acceptors (Lipinski definition) is 4. The zero-order chi connectivity index (χ0) is 14.9. The van der Waals surface area contributed by atoms with Gasteiger partial charge in [-0.3, -0.25) is 0 Å². The lowest BCUT2D eigenvalue weighted by Gasteiger charge is -2.13. The van der Waals surface area contributed by atoms with Gasteiger partial charge in [0.15, 0.2) is 11.6 Å². The van der Waals surface area contributed by atoms with Crippen LogP contribution in [-0.2, 0) is 10.0 Å². The van der Waals surface area contributed by atoms with Gasteiger partial charge in [0.1, 0.15) is 10.7 Å². The smallest absolute Gasteiger partial charge is 0.244 e. The number of nitrogens with one attached hydrogen (secondary N) is 1. The van der Waals surface area contributed by atoms with Crippen LogP contribution >= 0.6 is 0 Å². The van der Waals surface area contributed by atoms with Crippen LogP contribution in [0.2, 0.25) is 0 Å². The molecule has 0 bridgehead atoms. The molecule has 0 aliphatic heterocycles. The SMILES string of the molecule is CC(NS(=O)(=O)c1cc(N)cc(F)c1F)c1ccco1. The quantitative estimate of drug-likeness (QED) is 0.848. The van der Waals surface area contributed by atoms with Crippen molar-refractivity contribution >= 4 is 15.7 Å².